The number of hydrogen-bond donors (Lipinski definition) is 3. The number of halogens is 1. The maximum absolute atomic E-state index is 12.7. The highest BCUT2D eigenvalue weighted by atomic mass is 35.5. The van der Waals surface area contributed by atoms with Crippen molar-refractivity contribution in [3.8, 4) is 0 Å². The van der Waals surface area contributed by atoms with Gasteiger partial charge in [0.1, 0.15) is 5.69 Å². The summed E-state index contributed by atoms with van der Waals surface area (Å²) in [5, 5.41) is 6.80. The van der Waals surface area contributed by atoms with Gasteiger partial charge in [0.25, 0.3) is 11.8 Å². The zero-order valence-electron chi connectivity index (χ0n) is 14.2. The van der Waals surface area contributed by atoms with E-state index in [1.165, 1.54) is 0 Å². The van der Waals surface area contributed by atoms with E-state index in [0.29, 0.717) is 42.5 Å². The van der Waals surface area contributed by atoms with Crippen LogP contribution in [0, 0.1) is 0 Å². The summed E-state index contributed by atoms with van der Waals surface area (Å²) in [5.41, 5.74) is 2.12. The topological polar surface area (TPSA) is 90.1 Å². The van der Waals surface area contributed by atoms with Crippen LogP contribution in [-0.2, 0) is 6.42 Å². The standard InChI is InChI=1S/C18H20ClN5O2/c19-13-3-1-11(2-4-13)12-9-14-15(17(25)21-10-12)23-16(22-14)18(26)24-7-5-20-6-8-24/h1-4,12,20H,5-10H2,(H,21,25)(H,22,23)/t12-/m1/s1. The van der Waals surface area contributed by atoms with Gasteiger partial charge < -0.3 is 20.5 Å². The number of fused-ring (bicyclic) bond motifs is 1. The molecule has 8 heteroatoms. The molecule has 1 aromatic carbocycles. The number of amides is 2. The third-order valence-corrected chi connectivity index (χ3v) is 5.15. The van der Waals surface area contributed by atoms with Gasteiger partial charge in [-0.25, -0.2) is 4.98 Å². The van der Waals surface area contributed by atoms with E-state index < -0.39 is 0 Å². The molecular formula is C18H20ClN5O2. The van der Waals surface area contributed by atoms with Crippen LogP contribution in [-0.4, -0.2) is 59.4 Å². The summed E-state index contributed by atoms with van der Waals surface area (Å²) in [4.78, 5) is 34.2. The number of nitrogens with zero attached hydrogens (tertiary/aromatic N) is 2. The van der Waals surface area contributed by atoms with Crippen LogP contribution in [0.15, 0.2) is 24.3 Å². The molecule has 3 heterocycles. The van der Waals surface area contributed by atoms with E-state index in [4.69, 9.17) is 11.6 Å². The maximum Gasteiger partial charge on any atom is 0.289 e. The normalized spacial score (nSPS) is 20.3. The molecule has 26 heavy (non-hydrogen) atoms. The third-order valence-electron chi connectivity index (χ3n) is 4.90. The van der Waals surface area contributed by atoms with Gasteiger partial charge in [0.2, 0.25) is 0 Å². The van der Waals surface area contributed by atoms with Crippen LogP contribution in [0.5, 0.6) is 0 Å². The first-order valence-electron chi connectivity index (χ1n) is 8.74. The van der Waals surface area contributed by atoms with Gasteiger partial charge in [-0.3, -0.25) is 9.59 Å². The molecule has 1 aromatic heterocycles. The first-order valence-corrected chi connectivity index (χ1v) is 9.12. The number of nitrogens with one attached hydrogen (secondary N) is 3. The lowest BCUT2D eigenvalue weighted by Crippen LogP contribution is -2.46. The van der Waals surface area contributed by atoms with Gasteiger partial charge in [0.15, 0.2) is 5.82 Å². The molecule has 2 amide bonds. The Bertz CT molecular complexity index is 827. The SMILES string of the molecule is O=C1NC[C@H](c2ccc(Cl)cc2)Cc2[nH]c(C(=O)N3CCNCC3)nc21. The van der Waals surface area contributed by atoms with E-state index in [1.54, 1.807) is 4.90 Å². The number of H-pyrrole nitrogens is 1. The van der Waals surface area contributed by atoms with Crippen molar-refractivity contribution in [3.05, 3.63) is 52.1 Å². The molecule has 3 N–H and O–H groups in total. The van der Waals surface area contributed by atoms with Crippen LogP contribution in [0.2, 0.25) is 5.02 Å². The number of aromatic nitrogens is 2. The molecule has 1 saturated heterocycles. The number of carbonyl (C=O) groups is 2. The summed E-state index contributed by atoms with van der Waals surface area (Å²) < 4.78 is 0. The number of rotatable bonds is 2. The largest absolute Gasteiger partial charge is 0.350 e. The molecule has 1 atom stereocenters. The molecule has 4 rings (SSSR count). The summed E-state index contributed by atoms with van der Waals surface area (Å²) in [6, 6.07) is 7.62. The van der Waals surface area contributed by atoms with Crippen LogP contribution in [0.1, 0.15) is 38.3 Å². The number of carbonyl (C=O) groups excluding carboxylic acids is 2. The van der Waals surface area contributed by atoms with E-state index in [2.05, 4.69) is 20.6 Å². The fourth-order valence-electron chi connectivity index (χ4n) is 3.45. The van der Waals surface area contributed by atoms with Crippen molar-refractivity contribution in [3.63, 3.8) is 0 Å². The molecule has 7 nitrogen and oxygen atoms in total. The Balaban J connectivity index is 1.59. The smallest absolute Gasteiger partial charge is 0.289 e. The molecule has 0 unspecified atom stereocenters. The molecule has 0 aliphatic carbocycles. The van der Waals surface area contributed by atoms with E-state index >= 15 is 0 Å². The molecule has 2 aliphatic heterocycles. The van der Waals surface area contributed by atoms with Crippen LogP contribution in [0.3, 0.4) is 0 Å². The Kier molecular flexibility index (Phi) is 4.65. The minimum atomic E-state index is -0.243. The van der Waals surface area contributed by atoms with Gasteiger partial charge in [0, 0.05) is 49.4 Å². The molecular weight excluding hydrogens is 354 g/mol. The molecule has 136 valence electrons. The van der Waals surface area contributed by atoms with Crippen molar-refractivity contribution in [2.24, 2.45) is 0 Å². The van der Waals surface area contributed by atoms with Crippen LogP contribution < -0.4 is 10.6 Å². The van der Waals surface area contributed by atoms with Crippen molar-refractivity contribution >= 4 is 23.4 Å². The Hall–Kier alpha value is -2.38. The summed E-state index contributed by atoms with van der Waals surface area (Å²) in [5.74, 6) is -0.0636. The van der Waals surface area contributed by atoms with E-state index in [1.807, 2.05) is 24.3 Å². The fraction of sp³-hybridized carbons (Fsp3) is 0.389. The second kappa shape index (κ2) is 7.09. The van der Waals surface area contributed by atoms with Gasteiger partial charge in [-0.05, 0) is 24.1 Å². The lowest BCUT2D eigenvalue weighted by atomic mass is 9.94. The highest BCUT2D eigenvalue weighted by Gasteiger charge is 2.29. The Labute approximate surface area is 156 Å². The third kappa shape index (κ3) is 3.32. The molecule has 2 aliphatic rings. The molecule has 0 bridgehead atoms. The predicted molar refractivity (Wildman–Crippen MR) is 97.6 cm³/mol. The summed E-state index contributed by atoms with van der Waals surface area (Å²) in [7, 11) is 0. The zero-order chi connectivity index (χ0) is 18.1. The van der Waals surface area contributed by atoms with Crippen molar-refractivity contribution in [2.75, 3.05) is 32.7 Å². The van der Waals surface area contributed by atoms with Gasteiger partial charge in [0.05, 0.1) is 0 Å². The van der Waals surface area contributed by atoms with Gasteiger partial charge >= 0.3 is 0 Å². The highest BCUT2D eigenvalue weighted by Crippen LogP contribution is 2.25. The van der Waals surface area contributed by atoms with Crippen LogP contribution in [0.25, 0.3) is 0 Å². The molecule has 0 radical (unpaired) electrons. The second-order valence-electron chi connectivity index (χ2n) is 6.62. The van der Waals surface area contributed by atoms with E-state index in [9.17, 15) is 9.59 Å². The van der Waals surface area contributed by atoms with E-state index in [0.717, 1.165) is 18.7 Å². The zero-order valence-corrected chi connectivity index (χ0v) is 15.0. The average Bonchev–Trinajstić information content (AvgIpc) is 3.03. The Morgan fingerprint density at radius 3 is 2.65 bits per heavy atom. The minimum absolute atomic E-state index is 0.0973. The molecule has 2 aromatic rings. The van der Waals surface area contributed by atoms with E-state index in [-0.39, 0.29) is 23.6 Å². The van der Waals surface area contributed by atoms with Gasteiger partial charge in [-0.2, -0.15) is 0 Å². The number of imidazole rings is 1. The maximum atomic E-state index is 12.7. The first kappa shape index (κ1) is 17.1. The Morgan fingerprint density at radius 2 is 1.92 bits per heavy atom. The lowest BCUT2D eigenvalue weighted by molar-refractivity contribution is 0.0724. The number of benzene rings is 1. The lowest BCUT2D eigenvalue weighted by Gasteiger charge is -2.26. The molecule has 0 saturated carbocycles. The monoisotopic (exact) mass is 373 g/mol. The van der Waals surface area contributed by atoms with Crippen molar-refractivity contribution in [1.29, 1.82) is 0 Å². The average molecular weight is 374 g/mol. The quantitative estimate of drug-likeness (QED) is 0.737. The highest BCUT2D eigenvalue weighted by molar-refractivity contribution is 6.30. The Morgan fingerprint density at radius 1 is 1.19 bits per heavy atom. The van der Waals surface area contributed by atoms with Crippen LogP contribution in [0.4, 0.5) is 0 Å². The number of aromatic amines is 1. The first-order chi connectivity index (χ1) is 12.6. The fourth-order valence-corrected chi connectivity index (χ4v) is 3.58. The van der Waals surface area contributed by atoms with Gasteiger partial charge in [-0.1, -0.05) is 23.7 Å². The summed E-state index contributed by atoms with van der Waals surface area (Å²) >= 11 is 5.97. The second-order valence-corrected chi connectivity index (χ2v) is 7.05. The minimum Gasteiger partial charge on any atom is -0.350 e. The van der Waals surface area contributed by atoms with Crippen molar-refractivity contribution < 1.29 is 9.59 Å². The van der Waals surface area contributed by atoms with Gasteiger partial charge in [-0.15, -0.1) is 0 Å². The number of piperazine rings is 1. The molecule has 1 fully saturated rings. The molecule has 0 spiro atoms. The van der Waals surface area contributed by atoms with Crippen molar-refractivity contribution in [2.45, 2.75) is 12.3 Å². The number of hydrogen-bond acceptors (Lipinski definition) is 4. The van der Waals surface area contributed by atoms with Crippen LogP contribution >= 0.6 is 11.6 Å². The summed E-state index contributed by atoms with van der Waals surface area (Å²) in [6.07, 6.45) is 0.609. The predicted octanol–water partition coefficient (Wildman–Crippen LogP) is 1.18. The van der Waals surface area contributed by atoms with Crippen molar-refractivity contribution in [1.82, 2.24) is 25.5 Å². The summed E-state index contributed by atoms with van der Waals surface area (Å²) in [6.45, 7) is 3.34.